The molecule has 26 heavy (non-hydrogen) atoms. The molecule has 4 rings (SSSR count). The zero-order valence-electron chi connectivity index (χ0n) is 13.6. The quantitative estimate of drug-likeness (QED) is 0.614. The topological polar surface area (TPSA) is 90.8 Å². The van der Waals surface area contributed by atoms with Crippen molar-refractivity contribution in [2.75, 3.05) is 6.54 Å². The molecule has 0 aliphatic carbocycles. The van der Waals surface area contributed by atoms with Crippen molar-refractivity contribution in [1.82, 2.24) is 14.8 Å². The van der Waals surface area contributed by atoms with E-state index in [0.29, 0.717) is 18.5 Å². The van der Waals surface area contributed by atoms with E-state index in [-0.39, 0.29) is 59.0 Å². The van der Waals surface area contributed by atoms with Crippen LogP contribution < -0.4 is 0 Å². The Kier molecular flexibility index (Phi) is 5.05. The second-order valence-electron chi connectivity index (χ2n) is 6.57. The van der Waals surface area contributed by atoms with Gasteiger partial charge in [0, 0.05) is 31.8 Å². The average Bonchev–Trinajstić information content (AvgIpc) is 2.96. The number of likely N-dealkylation sites (tertiary alicyclic amines) is 1. The summed E-state index contributed by atoms with van der Waals surface area (Å²) in [7, 11) is 0. The summed E-state index contributed by atoms with van der Waals surface area (Å²) in [5.41, 5.74) is 1.56. The maximum absolute atomic E-state index is 12.5. The number of pyridine rings is 1. The molecular weight excluding hydrogens is 345 g/mol. The first-order chi connectivity index (χ1) is 12.0. The van der Waals surface area contributed by atoms with Crippen molar-refractivity contribution in [1.29, 1.82) is 0 Å². The van der Waals surface area contributed by atoms with E-state index in [1.165, 1.54) is 11.8 Å². The Morgan fingerprint density at radius 1 is 1.27 bits per heavy atom. The minimum absolute atomic E-state index is 0. The van der Waals surface area contributed by atoms with Crippen LogP contribution in [0, 0.1) is 5.92 Å². The molecule has 2 saturated heterocycles. The van der Waals surface area contributed by atoms with E-state index in [2.05, 4.69) is 4.98 Å². The molecule has 1 N–H and O–H groups in total. The van der Waals surface area contributed by atoms with Crippen LogP contribution in [0.2, 0.25) is 0 Å². The Balaban J connectivity index is 0.00000196. The molecular formula is C18H18N3NaO4. The van der Waals surface area contributed by atoms with E-state index in [9.17, 15) is 19.5 Å². The minimum atomic E-state index is -1.11. The number of aromatic nitrogens is 1. The molecule has 0 saturated carbocycles. The fraction of sp³-hybridized carbons (Fsp3) is 0.333. The summed E-state index contributed by atoms with van der Waals surface area (Å²) >= 11 is 0. The number of rotatable bonds is 3. The van der Waals surface area contributed by atoms with Gasteiger partial charge in [0.2, 0.25) is 5.91 Å². The van der Waals surface area contributed by atoms with Gasteiger partial charge in [-0.25, -0.2) is 4.79 Å². The van der Waals surface area contributed by atoms with Gasteiger partial charge in [-0.1, -0.05) is 12.2 Å². The first-order valence-corrected chi connectivity index (χ1v) is 8.14. The number of allylic oxidation sites excluding steroid dienone is 2. The van der Waals surface area contributed by atoms with Crippen molar-refractivity contribution >= 4 is 53.4 Å². The van der Waals surface area contributed by atoms with Crippen LogP contribution in [0.1, 0.15) is 18.9 Å². The molecule has 3 aliphatic rings. The average molecular weight is 363 g/mol. The predicted molar refractivity (Wildman–Crippen MR) is 95.0 cm³/mol. The van der Waals surface area contributed by atoms with Crippen molar-refractivity contribution in [3.05, 3.63) is 47.4 Å². The Morgan fingerprint density at radius 2 is 1.96 bits per heavy atom. The number of β-lactam (4-membered cyclic amide) rings is 1. The Bertz CT molecular complexity index is 836. The summed E-state index contributed by atoms with van der Waals surface area (Å²) in [6.07, 6.45) is 7.44. The van der Waals surface area contributed by atoms with E-state index in [1.54, 1.807) is 23.4 Å². The summed E-state index contributed by atoms with van der Waals surface area (Å²) in [5, 5.41) is 9.64. The number of carbonyl (C=O) groups is 3. The number of nitrogens with zero attached hydrogens (tertiary/aromatic N) is 3. The molecule has 3 aliphatic heterocycles. The first kappa shape index (κ1) is 18.8. The van der Waals surface area contributed by atoms with Gasteiger partial charge in [-0.05, 0) is 29.7 Å². The SMILES string of the molecule is CC(=O)N1C[C@H]2CC(/C=C/c3ccncc3)=C(C(=O)O)N3C(=O)[C@@H]1[C@@H]23.[NaH]. The van der Waals surface area contributed by atoms with Gasteiger partial charge < -0.3 is 10.0 Å². The molecule has 7 nitrogen and oxygen atoms in total. The van der Waals surface area contributed by atoms with E-state index in [1.807, 2.05) is 18.2 Å². The molecule has 0 spiro atoms. The Morgan fingerprint density at radius 3 is 2.58 bits per heavy atom. The third-order valence-corrected chi connectivity index (χ3v) is 5.18. The van der Waals surface area contributed by atoms with E-state index >= 15 is 0 Å². The molecule has 0 radical (unpaired) electrons. The fourth-order valence-corrected chi connectivity index (χ4v) is 4.12. The second-order valence-corrected chi connectivity index (χ2v) is 6.57. The molecule has 8 heteroatoms. The van der Waals surface area contributed by atoms with E-state index in [4.69, 9.17) is 0 Å². The number of hydrogen-bond acceptors (Lipinski definition) is 4. The Hall–Kier alpha value is -1.96. The van der Waals surface area contributed by atoms with Gasteiger partial charge in [-0.15, -0.1) is 0 Å². The number of carboxylic acids is 1. The number of amides is 2. The molecule has 2 fully saturated rings. The van der Waals surface area contributed by atoms with Crippen LogP contribution in [0.3, 0.4) is 0 Å². The van der Waals surface area contributed by atoms with Gasteiger partial charge in [0.1, 0.15) is 11.7 Å². The van der Waals surface area contributed by atoms with Crippen molar-refractivity contribution < 1.29 is 19.5 Å². The van der Waals surface area contributed by atoms with Gasteiger partial charge in [-0.3, -0.25) is 19.5 Å². The van der Waals surface area contributed by atoms with Crippen LogP contribution in [-0.2, 0) is 14.4 Å². The van der Waals surface area contributed by atoms with Crippen molar-refractivity contribution in [2.24, 2.45) is 5.92 Å². The molecule has 3 atom stereocenters. The predicted octanol–water partition coefficient (Wildman–Crippen LogP) is 0.246. The number of carboxylic acid groups (broad SMARTS) is 1. The van der Waals surface area contributed by atoms with Gasteiger partial charge in [-0.2, -0.15) is 0 Å². The van der Waals surface area contributed by atoms with E-state index in [0.717, 1.165) is 5.56 Å². The number of aliphatic carboxylic acids is 1. The van der Waals surface area contributed by atoms with Gasteiger partial charge >= 0.3 is 35.5 Å². The fourth-order valence-electron chi connectivity index (χ4n) is 4.12. The molecule has 1 aromatic rings. The van der Waals surface area contributed by atoms with Crippen LogP contribution >= 0.6 is 0 Å². The molecule has 1 aromatic heterocycles. The molecule has 130 valence electrons. The normalized spacial score (nSPS) is 26.5. The zero-order chi connectivity index (χ0) is 17.7. The summed E-state index contributed by atoms with van der Waals surface area (Å²) in [6.45, 7) is 1.94. The Labute approximate surface area is 172 Å². The number of hydrogen-bond donors (Lipinski definition) is 1. The van der Waals surface area contributed by atoms with Crippen LogP contribution in [0.4, 0.5) is 0 Å². The third kappa shape index (κ3) is 2.80. The first-order valence-electron chi connectivity index (χ1n) is 8.14. The van der Waals surface area contributed by atoms with Crippen molar-refractivity contribution in [2.45, 2.75) is 25.4 Å². The monoisotopic (exact) mass is 363 g/mol. The molecule has 0 unspecified atom stereocenters. The molecule has 4 heterocycles. The molecule has 2 amide bonds. The van der Waals surface area contributed by atoms with Gasteiger partial charge in [0.05, 0.1) is 6.04 Å². The van der Waals surface area contributed by atoms with Crippen molar-refractivity contribution in [3.63, 3.8) is 0 Å². The molecule has 0 bridgehead atoms. The van der Waals surface area contributed by atoms with E-state index < -0.39 is 12.0 Å². The number of carbonyl (C=O) groups excluding carboxylic acids is 2. The maximum atomic E-state index is 12.5. The van der Waals surface area contributed by atoms with Gasteiger partial charge in [0.15, 0.2) is 0 Å². The zero-order valence-corrected chi connectivity index (χ0v) is 13.6. The molecule has 0 aromatic carbocycles. The third-order valence-electron chi connectivity index (χ3n) is 5.18. The summed E-state index contributed by atoms with van der Waals surface area (Å²) < 4.78 is 0. The second kappa shape index (κ2) is 6.98. The summed E-state index contributed by atoms with van der Waals surface area (Å²) in [5.74, 6) is -1.47. The van der Waals surface area contributed by atoms with Crippen LogP contribution in [0.25, 0.3) is 6.08 Å². The van der Waals surface area contributed by atoms with Crippen LogP contribution in [0.15, 0.2) is 41.9 Å². The van der Waals surface area contributed by atoms with Crippen LogP contribution in [-0.4, -0.2) is 85.9 Å². The van der Waals surface area contributed by atoms with Gasteiger partial charge in [0.25, 0.3) is 5.91 Å². The standard InChI is InChI=1S/C18H17N3O4.Na.H/c1-10(22)20-9-13-8-12(3-2-11-4-6-19-7-5-11)15(18(24)25)21-14(13)16(20)17(21)23;;/h2-7,13-14,16H,8-9H2,1H3,(H,24,25);;/b3-2+;;/t13-,14-,16+;;/m1../s1. The summed E-state index contributed by atoms with van der Waals surface area (Å²) in [4.78, 5) is 43.0. The summed E-state index contributed by atoms with van der Waals surface area (Å²) in [6, 6.07) is 2.94. The van der Waals surface area contributed by atoms with Crippen LogP contribution in [0.5, 0.6) is 0 Å². The van der Waals surface area contributed by atoms with Crippen molar-refractivity contribution in [3.8, 4) is 0 Å².